The molecule has 0 N–H and O–H groups in total. The van der Waals surface area contributed by atoms with Crippen molar-refractivity contribution < 1.29 is 9.18 Å². The molecule has 0 amide bonds. The van der Waals surface area contributed by atoms with Crippen molar-refractivity contribution in [2.45, 2.75) is 0 Å². The number of carbonyl (C=O) groups excluding carboxylic acids is 1. The van der Waals surface area contributed by atoms with Gasteiger partial charge in [-0.15, -0.1) is 0 Å². The molecule has 0 radical (unpaired) electrons. The molecule has 0 bridgehead atoms. The highest BCUT2D eigenvalue weighted by Gasteiger charge is 2.13. The Labute approximate surface area is 102 Å². The predicted octanol–water partition coefficient (Wildman–Crippen LogP) is 4.00. The van der Waals surface area contributed by atoms with Crippen LogP contribution in [0.1, 0.15) is 15.9 Å². The predicted molar refractivity (Wildman–Crippen MR) is 65.1 cm³/mol. The van der Waals surface area contributed by atoms with E-state index < -0.39 is 5.82 Å². The van der Waals surface area contributed by atoms with Crippen molar-refractivity contribution >= 4 is 11.5 Å². The van der Waals surface area contributed by atoms with Crippen molar-refractivity contribution in [1.82, 2.24) is 0 Å². The summed E-state index contributed by atoms with van der Waals surface area (Å²) in [4.78, 5) is 14.8. The average molecular weight is 241 g/mol. The molecule has 0 fully saturated rings. The maximum Gasteiger partial charge on any atom is 0.193 e. The van der Waals surface area contributed by atoms with Crippen molar-refractivity contribution in [2.75, 3.05) is 0 Å². The van der Waals surface area contributed by atoms with Crippen LogP contribution in [0.25, 0.3) is 10.4 Å². The first-order valence-electron chi connectivity index (χ1n) is 5.17. The summed E-state index contributed by atoms with van der Waals surface area (Å²) in [7, 11) is 0. The Morgan fingerprint density at radius 2 is 1.89 bits per heavy atom. The Balaban J connectivity index is 2.53. The summed E-state index contributed by atoms with van der Waals surface area (Å²) in [5, 5.41) is 3.39. The normalized spacial score (nSPS) is 9.61. The number of carbonyl (C=O) groups is 1. The van der Waals surface area contributed by atoms with Crippen LogP contribution < -0.4 is 0 Å². The first-order chi connectivity index (χ1) is 8.72. The number of azide groups is 1. The molecule has 0 saturated carbocycles. The van der Waals surface area contributed by atoms with Crippen LogP contribution in [0.2, 0.25) is 0 Å². The maximum absolute atomic E-state index is 13.2. The fraction of sp³-hybridized carbons (Fsp3) is 0. The van der Waals surface area contributed by atoms with Crippen LogP contribution in [0.15, 0.2) is 53.6 Å². The SMILES string of the molecule is [N-]=[N+]=Nc1ccc(F)cc1C(=O)c1ccccc1. The lowest BCUT2D eigenvalue weighted by Gasteiger charge is -2.04. The lowest BCUT2D eigenvalue weighted by Crippen LogP contribution is -2.01. The molecule has 2 rings (SSSR count). The number of hydrogen-bond donors (Lipinski definition) is 0. The number of ketones is 1. The van der Waals surface area contributed by atoms with Crippen molar-refractivity contribution in [2.24, 2.45) is 5.11 Å². The van der Waals surface area contributed by atoms with Gasteiger partial charge >= 0.3 is 0 Å². The summed E-state index contributed by atoms with van der Waals surface area (Å²) < 4.78 is 13.2. The van der Waals surface area contributed by atoms with Gasteiger partial charge in [-0.25, -0.2) is 4.39 Å². The highest BCUT2D eigenvalue weighted by molar-refractivity contribution is 6.11. The van der Waals surface area contributed by atoms with Gasteiger partial charge in [-0.2, -0.15) is 0 Å². The second-order valence-corrected chi connectivity index (χ2v) is 3.55. The zero-order chi connectivity index (χ0) is 13.0. The molecule has 0 heterocycles. The van der Waals surface area contributed by atoms with Crippen LogP contribution in [0, 0.1) is 5.82 Å². The van der Waals surface area contributed by atoms with Crippen LogP contribution in [0.4, 0.5) is 10.1 Å². The molecule has 88 valence electrons. The zero-order valence-corrected chi connectivity index (χ0v) is 9.25. The summed E-state index contributed by atoms with van der Waals surface area (Å²) in [5.41, 5.74) is 9.01. The number of nitrogens with zero attached hydrogens (tertiary/aromatic N) is 3. The summed E-state index contributed by atoms with van der Waals surface area (Å²) in [6, 6.07) is 11.9. The van der Waals surface area contributed by atoms with Crippen LogP contribution in [0.5, 0.6) is 0 Å². The van der Waals surface area contributed by atoms with Gasteiger partial charge in [0.1, 0.15) is 5.82 Å². The molecule has 0 saturated heterocycles. The molecular formula is C13H8FN3O. The molecule has 5 heteroatoms. The van der Waals surface area contributed by atoms with E-state index in [1.54, 1.807) is 30.3 Å². The summed E-state index contributed by atoms with van der Waals surface area (Å²) in [6.07, 6.45) is 0. The van der Waals surface area contributed by atoms with Gasteiger partial charge < -0.3 is 0 Å². The van der Waals surface area contributed by atoms with E-state index in [4.69, 9.17) is 5.53 Å². The van der Waals surface area contributed by atoms with E-state index in [0.29, 0.717) is 5.56 Å². The fourth-order valence-electron chi connectivity index (χ4n) is 1.57. The first-order valence-corrected chi connectivity index (χ1v) is 5.17. The Morgan fingerprint density at radius 3 is 2.56 bits per heavy atom. The quantitative estimate of drug-likeness (QED) is 0.346. The topological polar surface area (TPSA) is 65.8 Å². The molecule has 0 unspecified atom stereocenters. The molecule has 0 aliphatic heterocycles. The number of benzene rings is 2. The van der Waals surface area contributed by atoms with E-state index in [9.17, 15) is 9.18 Å². The molecular weight excluding hydrogens is 233 g/mol. The Hall–Kier alpha value is -2.65. The molecule has 0 atom stereocenters. The lowest BCUT2D eigenvalue weighted by molar-refractivity contribution is 0.103. The Bertz CT molecular complexity index is 634. The molecule has 0 spiro atoms. The highest BCUT2D eigenvalue weighted by atomic mass is 19.1. The second kappa shape index (κ2) is 5.12. The van der Waals surface area contributed by atoms with E-state index in [1.807, 2.05) is 0 Å². The molecule has 0 aliphatic carbocycles. The maximum atomic E-state index is 13.2. The standard InChI is InChI=1S/C13H8FN3O/c14-10-6-7-12(16-17-15)11(8-10)13(18)9-4-2-1-3-5-9/h1-8H. The van der Waals surface area contributed by atoms with Crippen molar-refractivity contribution in [3.8, 4) is 0 Å². The van der Waals surface area contributed by atoms with Gasteiger partial charge in [0.05, 0.1) is 0 Å². The molecule has 18 heavy (non-hydrogen) atoms. The van der Waals surface area contributed by atoms with E-state index in [2.05, 4.69) is 10.0 Å². The number of rotatable bonds is 3. The Morgan fingerprint density at radius 1 is 1.17 bits per heavy atom. The molecule has 0 aliphatic rings. The molecule has 2 aromatic rings. The highest BCUT2D eigenvalue weighted by Crippen LogP contribution is 2.23. The van der Waals surface area contributed by atoms with Crippen molar-refractivity contribution in [1.29, 1.82) is 0 Å². The van der Waals surface area contributed by atoms with E-state index >= 15 is 0 Å². The minimum atomic E-state index is -0.550. The zero-order valence-electron chi connectivity index (χ0n) is 9.25. The minimum absolute atomic E-state index is 0.0546. The molecule has 4 nitrogen and oxygen atoms in total. The number of halogens is 1. The second-order valence-electron chi connectivity index (χ2n) is 3.55. The van der Waals surface area contributed by atoms with Crippen LogP contribution in [-0.2, 0) is 0 Å². The van der Waals surface area contributed by atoms with Gasteiger partial charge in [0.15, 0.2) is 5.78 Å². The van der Waals surface area contributed by atoms with Crippen LogP contribution in [0.3, 0.4) is 0 Å². The van der Waals surface area contributed by atoms with Gasteiger partial charge in [0, 0.05) is 21.7 Å². The smallest absolute Gasteiger partial charge is 0.193 e. The van der Waals surface area contributed by atoms with Gasteiger partial charge in [-0.3, -0.25) is 4.79 Å². The van der Waals surface area contributed by atoms with E-state index in [-0.39, 0.29) is 17.0 Å². The van der Waals surface area contributed by atoms with Crippen LogP contribution in [-0.4, -0.2) is 5.78 Å². The fourth-order valence-corrected chi connectivity index (χ4v) is 1.57. The molecule has 0 aromatic heterocycles. The van der Waals surface area contributed by atoms with Crippen LogP contribution >= 0.6 is 0 Å². The third-order valence-electron chi connectivity index (χ3n) is 2.39. The lowest BCUT2D eigenvalue weighted by atomic mass is 10.0. The summed E-state index contributed by atoms with van der Waals surface area (Å²) in [5.74, 6) is -0.927. The number of hydrogen-bond acceptors (Lipinski definition) is 2. The third kappa shape index (κ3) is 2.36. The van der Waals surface area contributed by atoms with Gasteiger partial charge in [0.25, 0.3) is 0 Å². The summed E-state index contributed by atoms with van der Waals surface area (Å²) in [6.45, 7) is 0. The van der Waals surface area contributed by atoms with E-state index in [0.717, 1.165) is 12.1 Å². The van der Waals surface area contributed by atoms with Crippen molar-refractivity contribution in [3.05, 3.63) is 75.9 Å². The first kappa shape index (κ1) is 11.8. The average Bonchev–Trinajstić information content (AvgIpc) is 2.41. The largest absolute Gasteiger partial charge is 0.289 e. The van der Waals surface area contributed by atoms with E-state index in [1.165, 1.54) is 6.07 Å². The Kier molecular flexibility index (Phi) is 3.36. The third-order valence-corrected chi connectivity index (χ3v) is 2.39. The van der Waals surface area contributed by atoms with Gasteiger partial charge in [-0.05, 0) is 23.7 Å². The van der Waals surface area contributed by atoms with Crippen molar-refractivity contribution in [3.63, 3.8) is 0 Å². The minimum Gasteiger partial charge on any atom is -0.289 e. The summed E-state index contributed by atoms with van der Waals surface area (Å²) >= 11 is 0. The molecule has 2 aromatic carbocycles. The van der Waals surface area contributed by atoms with Gasteiger partial charge in [-0.1, -0.05) is 35.4 Å². The monoisotopic (exact) mass is 241 g/mol. The van der Waals surface area contributed by atoms with Gasteiger partial charge in [0.2, 0.25) is 0 Å².